The van der Waals surface area contributed by atoms with Crippen molar-refractivity contribution in [3.8, 4) is 0 Å². The number of ether oxygens (including phenoxy) is 3. The molecule has 0 aliphatic carbocycles. The summed E-state index contributed by atoms with van der Waals surface area (Å²) in [5.41, 5.74) is 4.95. The van der Waals surface area contributed by atoms with E-state index in [2.05, 4.69) is 21.3 Å². The Bertz CT molecular complexity index is 2110. The average molecular weight is 909 g/mol. The van der Waals surface area contributed by atoms with Crippen molar-refractivity contribution in [1.82, 2.24) is 20.9 Å². The molecule has 0 fully saturated rings. The normalized spacial score (nSPS) is 14.1. The summed E-state index contributed by atoms with van der Waals surface area (Å²) in [7, 11) is 1.86. The van der Waals surface area contributed by atoms with Gasteiger partial charge in [0.05, 0.1) is 58.3 Å². The molecule has 1 aromatic heterocycles. The summed E-state index contributed by atoms with van der Waals surface area (Å²) < 4.78 is 16.8. The molecule has 0 bridgehead atoms. The van der Waals surface area contributed by atoms with Crippen LogP contribution in [0, 0.1) is 24.7 Å². The first-order valence-electron chi connectivity index (χ1n) is 20.6. The van der Waals surface area contributed by atoms with Gasteiger partial charge >= 0.3 is 0 Å². The van der Waals surface area contributed by atoms with Crippen molar-refractivity contribution in [2.24, 2.45) is 4.99 Å². The highest BCUT2D eigenvalue weighted by molar-refractivity contribution is 7.17. The largest absolute Gasteiger partial charge is 0.378 e. The minimum atomic E-state index is -0.825. The topological polar surface area (TPSA) is 228 Å². The third kappa shape index (κ3) is 15.2. The molecule has 2 atom stereocenters. The molecular formula is C44H58ClN9O8S. The van der Waals surface area contributed by atoms with E-state index in [1.165, 1.54) is 11.3 Å². The van der Waals surface area contributed by atoms with Crippen molar-refractivity contribution in [2.45, 2.75) is 65.6 Å². The van der Waals surface area contributed by atoms with Gasteiger partial charge in [-0.05, 0) is 64.9 Å². The number of imide groups is 1. The summed E-state index contributed by atoms with van der Waals surface area (Å²) in [6.07, 6.45) is 1.71. The molecule has 4 rings (SSSR count). The van der Waals surface area contributed by atoms with E-state index in [1.54, 1.807) is 42.2 Å². The Hall–Kier alpha value is -5.21. The number of benzene rings is 2. The van der Waals surface area contributed by atoms with Gasteiger partial charge in [-0.3, -0.25) is 54.9 Å². The number of thiophene rings is 1. The third-order valence-electron chi connectivity index (χ3n) is 10.3. The van der Waals surface area contributed by atoms with E-state index in [0.717, 1.165) is 32.9 Å². The molecule has 0 saturated carbocycles. The molecule has 63 heavy (non-hydrogen) atoms. The Balaban J connectivity index is 1.09. The zero-order valence-corrected chi connectivity index (χ0v) is 38.0. The van der Waals surface area contributed by atoms with Gasteiger partial charge in [0, 0.05) is 69.9 Å². The van der Waals surface area contributed by atoms with Crippen LogP contribution in [0.2, 0.25) is 5.02 Å². The number of carbonyl (C=O) groups is 5. The van der Waals surface area contributed by atoms with Crippen LogP contribution in [0.25, 0.3) is 0 Å². The number of aliphatic imine (C=N–C) groups is 1. The number of nitrogens with zero attached hydrogens (tertiary/aromatic N) is 3. The third-order valence-corrected chi connectivity index (χ3v) is 11.7. The summed E-state index contributed by atoms with van der Waals surface area (Å²) >= 11 is 7.68. The standard InChI is InChI=1S/C44H58ClN9O8S/c1-28(9-14-38(57)50-27-56)53(5)25-35-33(26-55)7-6-8-36(35)51-40(59)24-48-15-17-60-19-21-62-22-20-61-18-16-49-39(58)23-37-43(47)54(31(4)46)44-41(29(2)30(3)63-44)42(52-37)32-10-12-34(45)13-11-32/h6-8,10-13,26-28,37,46-48H,9,14-25H2,1-5H3,(H,49,58)(H,51,59)(H,50,56,57)/t28?,37-/m0/s1. The molecule has 19 heteroatoms. The molecule has 0 saturated heterocycles. The van der Waals surface area contributed by atoms with Crippen molar-refractivity contribution in [3.63, 3.8) is 0 Å². The number of aldehydes is 1. The maximum Gasteiger partial charge on any atom is 0.238 e. The smallest absolute Gasteiger partial charge is 0.238 e. The van der Waals surface area contributed by atoms with Crippen LogP contribution in [-0.2, 0) is 39.9 Å². The van der Waals surface area contributed by atoms with Crippen LogP contribution in [0.1, 0.15) is 70.6 Å². The number of carbonyl (C=O) groups excluding carboxylic acids is 5. The van der Waals surface area contributed by atoms with Crippen molar-refractivity contribution < 1.29 is 38.2 Å². The number of rotatable bonds is 26. The second-order valence-corrected chi connectivity index (χ2v) is 16.5. The fourth-order valence-electron chi connectivity index (χ4n) is 6.59. The van der Waals surface area contributed by atoms with Crippen molar-refractivity contribution in [2.75, 3.05) is 76.5 Å². The van der Waals surface area contributed by atoms with Gasteiger partial charge < -0.3 is 30.2 Å². The van der Waals surface area contributed by atoms with E-state index in [0.29, 0.717) is 86.5 Å². The second-order valence-electron chi connectivity index (χ2n) is 14.9. The lowest BCUT2D eigenvalue weighted by Crippen LogP contribution is -2.42. The molecule has 1 unspecified atom stereocenters. The fraction of sp³-hybridized carbons (Fsp3) is 0.455. The van der Waals surface area contributed by atoms with Crippen LogP contribution in [0.3, 0.4) is 0 Å². The Kier molecular flexibility index (Phi) is 20.6. The van der Waals surface area contributed by atoms with E-state index >= 15 is 0 Å². The molecule has 17 nitrogen and oxygen atoms in total. The van der Waals surface area contributed by atoms with E-state index in [9.17, 15) is 24.0 Å². The van der Waals surface area contributed by atoms with Crippen molar-refractivity contribution >= 4 is 81.4 Å². The molecule has 2 aromatic carbocycles. The number of amidine groups is 2. The Morgan fingerprint density at radius 3 is 2.29 bits per heavy atom. The number of nitrogens with one attached hydrogen (secondary N) is 6. The minimum Gasteiger partial charge on any atom is -0.378 e. The number of halogens is 1. The molecule has 4 amide bonds. The summed E-state index contributed by atoms with van der Waals surface area (Å²) in [6.45, 7) is 10.6. The van der Waals surface area contributed by atoms with E-state index in [-0.39, 0.29) is 68.0 Å². The highest BCUT2D eigenvalue weighted by Crippen LogP contribution is 2.40. The van der Waals surface area contributed by atoms with Gasteiger partial charge in [-0.2, -0.15) is 0 Å². The lowest BCUT2D eigenvalue weighted by Gasteiger charge is -2.26. The first-order chi connectivity index (χ1) is 30.2. The minimum absolute atomic E-state index is 0.0305. The summed E-state index contributed by atoms with van der Waals surface area (Å²) in [5, 5.41) is 29.8. The van der Waals surface area contributed by atoms with E-state index in [1.807, 2.05) is 44.9 Å². The first kappa shape index (κ1) is 50.4. The van der Waals surface area contributed by atoms with Crippen LogP contribution in [-0.4, -0.2) is 131 Å². The summed E-state index contributed by atoms with van der Waals surface area (Å²) in [5.74, 6) is -0.712. The number of anilines is 2. The predicted molar refractivity (Wildman–Crippen MR) is 246 cm³/mol. The average Bonchev–Trinajstić information content (AvgIpc) is 3.47. The molecule has 0 radical (unpaired) electrons. The number of amides is 4. The maximum absolute atomic E-state index is 13.1. The van der Waals surface area contributed by atoms with Crippen LogP contribution >= 0.6 is 22.9 Å². The Labute approximate surface area is 377 Å². The maximum atomic E-state index is 13.1. The first-order valence-corrected chi connectivity index (χ1v) is 21.8. The number of hydrogen-bond donors (Lipinski definition) is 6. The molecule has 0 spiro atoms. The van der Waals surface area contributed by atoms with Gasteiger partial charge in [0.15, 0.2) is 0 Å². The van der Waals surface area contributed by atoms with Gasteiger partial charge in [-0.1, -0.05) is 35.9 Å². The second kappa shape index (κ2) is 25.8. The number of hydrogen-bond acceptors (Lipinski definition) is 14. The molecular weight excluding hydrogens is 850 g/mol. The lowest BCUT2D eigenvalue weighted by molar-refractivity contribution is -0.125. The molecule has 6 N–H and O–H groups in total. The quantitative estimate of drug-likeness (QED) is 0.0285. The molecule has 1 aliphatic rings. The highest BCUT2D eigenvalue weighted by Gasteiger charge is 2.35. The zero-order chi connectivity index (χ0) is 45.9. The number of fused-ring (bicyclic) bond motifs is 1. The van der Waals surface area contributed by atoms with Gasteiger partial charge in [0.25, 0.3) is 0 Å². The van der Waals surface area contributed by atoms with Crippen molar-refractivity contribution in [3.05, 3.63) is 80.2 Å². The van der Waals surface area contributed by atoms with Crippen LogP contribution in [0.15, 0.2) is 47.5 Å². The van der Waals surface area contributed by atoms with Crippen LogP contribution < -0.4 is 26.2 Å². The van der Waals surface area contributed by atoms with E-state index < -0.39 is 6.04 Å². The molecule has 3 aromatic rings. The van der Waals surface area contributed by atoms with Gasteiger partial charge in [-0.15, -0.1) is 11.3 Å². The Morgan fingerprint density at radius 1 is 0.968 bits per heavy atom. The lowest BCUT2D eigenvalue weighted by atomic mass is 9.99. The van der Waals surface area contributed by atoms with E-state index in [4.69, 9.17) is 41.6 Å². The highest BCUT2D eigenvalue weighted by atomic mass is 35.5. The Morgan fingerprint density at radius 2 is 1.63 bits per heavy atom. The summed E-state index contributed by atoms with van der Waals surface area (Å²) in [6, 6.07) is 11.6. The monoisotopic (exact) mass is 907 g/mol. The number of aryl methyl sites for hydroxylation is 1. The zero-order valence-electron chi connectivity index (χ0n) is 36.4. The van der Waals surface area contributed by atoms with Crippen LogP contribution in [0.5, 0.6) is 0 Å². The van der Waals surface area contributed by atoms with Gasteiger partial charge in [-0.25, -0.2) is 0 Å². The molecule has 2 heterocycles. The van der Waals surface area contributed by atoms with Gasteiger partial charge in [0.2, 0.25) is 24.1 Å². The molecule has 1 aliphatic heterocycles. The van der Waals surface area contributed by atoms with Crippen LogP contribution in [0.4, 0.5) is 10.7 Å². The predicted octanol–water partition coefficient (Wildman–Crippen LogP) is 4.49. The fourth-order valence-corrected chi connectivity index (χ4v) is 7.94. The van der Waals surface area contributed by atoms with Gasteiger partial charge in [0.1, 0.15) is 29.0 Å². The van der Waals surface area contributed by atoms with Crippen molar-refractivity contribution in [1.29, 1.82) is 10.8 Å². The molecule has 340 valence electrons. The SMILES string of the molecule is CC(=N)N1C(=N)[C@H](CC(=O)NCCOCCOCCOCCNCC(=O)Nc2cccc(C=O)c2CN(C)C(C)CCC(=O)NC=O)N=C(c2ccc(Cl)cc2)c2c1sc(C)c2C. The summed E-state index contributed by atoms with van der Waals surface area (Å²) in [4.78, 5) is 69.4.